The Bertz CT molecular complexity index is 1490. The van der Waals surface area contributed by atoms with E-state index < -0.39 is 5.60 Å². The number of hydrogen-bond acceptors (Lipinski definition) is 9. The molecule has 206 valence electrons. The quantitative estimate of drug-likeness (QED) is 0.199. The standard InChI is InChI=1S/C29H30N6O3S2/c1-19(16-20-10-4-2-5-11-20)25(36)30-27-34-32-23(39-27)14-8-9-15-24-33-35-28(40-24)31-26(37)22-18-29(22,38)17-21-12-6-3-7-13-21/h2-7,10-13,18-19,38H,8-9,14-17H2,1H3,(H,30,34,36)(H,31,35,37). The maximum absolute atomic E-state index is 12.6. The lowest BCUT2D eigenvalue weighted by molar-refractivity contribution is -0.119. The number of unbranched alkanes of at least 4 members (excludes halogenated alkanes) is 1. The summed E-state index contributed by atoms with van der Waals surface area (Å²) in [6.45, 7) is 1.91. The molecular weight excluding hydrogens is 544 g/mol. The predicted octanol–water partition coefficient (Wildman–Crippen LogP) is 4.62. The van der Waals surface area contributed by atoms with Gasteiger partial charge in [0, 0.05) is 25.2 Å². The van der Waals surface area contributed by atoms with Crippen LogP contribution in [0.15, 0.2) is 72.3 Å². The van der Waals surface area contributed by atoms with Crippen LogP contribution in [0.1, 0.15) is 40.9 Å². The van der Waals surface area contributed by atoms with Gasteiger partial charge >= 0.3 is 0 Å². The average Bonchev–Trinajstić information content (AvgIpc) is 3.24. The minimum absolute atomic E-state index is 0.0652. The van der Waals surface area contributed by atoms with Crippen molar-refractivity contribution in [1.29, 1.82) is 0 Å². The van der Waals surface area contributed by atoms with E-state index in [1.165, 1.54) is 22.7 Å². The number of aryl methyl sites for hydroxylation is 2. The smallest absolute Gasteiger partial charge is 0.256 e. The summed E-state index contributed by atoms with van der Waals surface area (Å²) in [5.74, 6) is -0.586. The van der Waals surface area contributed by atoms with Gasteiger partial charge in [-0.1, -0.05) is 90.3 Å². The molecule has 2 unspecified atom stereocenters. The summed E-state index contributed by atoms with van der Waals surface area (Å²) in [4.78, 5) is 25.1. The molecule has 1 aliphatic rings. The van der Waals surface area contributed by atoms with E-state index in [9.17, 15) is 14.7 Å². The lowest BCUT2D eigenvalue weighted by Gasteiger charge is -2.11. The molecule has 2 amide bonds. The summed E-state index contributed by atoms with van der Waals surface area (Å²) in [5.41, 5.74) is 1.24. The maximum atomic E-state index is 12.6. The van der Waals surface area contributed by atoms with Gasteiger partial charge in [0.1, 0.15) is 15.6 Å². The summed E-state index contributed by atoms with van der Waals surface area (Å²) in [6.07, 6.45) is 5.86. The van der Waals surface area contributed by atoms with Crippen molar-refractivity contribution in [3.8, 4) is 0 Å². The van der Waals surface area contributed by atoms with Gasteiger partial charge in [-0.25, -0.2) is 0 Å². The zero-order valence-electron chi connectivity index (χ0n) is 22.0. The number of amides is 2. The molecule has 0 saturated carbocycles. The Morgan fingerprint density at radius 3 is 1.98 bits per heavy atom. The molecule has 0 radical (unpaired) electrons. The number of nitrogens with zero attached hydrogens (tertiary/aromatic N) is 4. The lowest BCUT2D eigenvalue weighted by atomic mass is 10.0. The molecular formula is C29H30N6O3S2. The van der Waals surface area contributed by atoms with Gasteiger partial charge in [-0.3, -0.25) is 14.9 Å². The molecule has 4 aromatic rings. The van der Waals surface area contributed by atoms with Gasteiger partial charge in [0.05, 0.1) is 5.57 Å². The highest BCUT2D eigenvalue weighted by atomic mass is 32.1. The first-order chi connectivity index (χ1) is 19.4. The normalized spacial score (nSPS) is 16.7. The van der Waals surface area contributed by atoms with Gasteiger partial charge in [0.2, 0.25) is 16.2 Å². The number of aromatic nitrogens is 4. The molecule has 0 aliphatic heterocycles. The Balaban J connectivity index is 1.00. The molecule has 2 aromatic heterocycles. The highest BCUT2D eigenvalue weighted by molar-refractivity contribution is 7.15. The largest absolute Gasteiger partial charge is 0.380 e. The molecule has 2 atom stereocenters. The summed E-state index contributed by atoms with van der Waals surface area (Å²) in [7, 11) is 0. The summed E-state index contributed by atoms with van der Waals surface area (Å²) in [5, 5.41) is 35.5. The van der Waals surface area contributed by atoms with E-state index >= 15 is 0 Å². The molecule has 2 aromatic carbocycles. The van der Waals surface area contributed by atoms with Crippen LogP contribution in [0.5, 0.6) is 0 Å². The van der Waals surface area contributed by atoms with Gasteiger partial charge in [-0.15, -0.1) is 20.4 Å². The van der Waals surface area contributed by atoms with Crippen LogP contribution in [-0.2, 0) is 35.3 Å². The highest BCUT2D eigenvalue weighted by Gasteiger charge is 2.46. The third kappa shape index (κ3) is 7.44. The minimum Gasteiger partial charge on any atom is -0.380 e. The van der Waals surface area contributed by atoms with E-state index in [2.05, 4.69) is 31.0 Å². The molecule has 9 nitrogen and oxygen atoms in total. The maximum Gasteiger partial charge on any atom is 0.256 e. The molecule has 0 bridgehead atoms. The van der Waals surface area contributed by atoms with Crippen LogP contribution in [0, 0.1) is 5.92 Å². The molecule has 11 heteroatoms. The topological polar surface area (TPSA) is 130 Å². The van der Waals surface area contributed by atoms with Gasteiger partial charge in [-0.05, 0) is 36.5 Å². The van der Waals surface area contributed by atoms with E-state index in [0.29, 0.717) is 28.7 Å². The first-order valence-electron chi connectivity index (χ1n) is 13.2. The van der Waals surface area contributed by atoms with Crippen molar-refractivity contribution in [1.82, 2.24) is 20.4 Å². The van der Waals surface area contributed by atoms with Crippen molar-refractivity contribution in [2.75, 3.05) is 10.6 Å². The van der Waals surface area contributed by atoms with Crippen molar-refractivity contribution in [3.63, 3.8) is 0 Å². The Kier molecular flexibility index (Phi) is 8.73. The van der Waals surface area contributed by atoms with Crippen LogP contribution in [0.25, 0.3) is 0 Å². The first-order valence-corrected chi connectivity index (χ1v) is 14.8. The second-order valence-electron chi connectivity index (χ2n) is 9.89. The lowest BCUT2D eigenvalue weighted by Crippen LogP contribution is -2.23. The number of benzene rings is 2. The van der Waals surface area contributed by atoms with Crippen molar-refractivity contribution in [2.45, 2.75) is 51.0 Å². The summed E-state index contributed by atoms with van der Waals surface area (Å²) < 4.78 is 0. The number of rotatable bonds is 13. The Hall–Kier alpha value is -3.80. The third-order valence-electron chi connectivity index (χ3n) is 6.58. The van der Waals surface area contributed by atoms with E-state index in [1.54, 1.807) is 6.08 Å². The molecule has 0 spiro atoms. The third-order valence-corrected chi connectivity index (χ3v) is 8.37. The first kappa shape index (κ1) is 27.8. The van der Waals surface area contributed by atoms with Gasteiger partial charge < -0.3 is 10.4 Å². The molecule has 2 heterocycles. The number of nitrogens with one attached hydrogen (secondary N) is 2. The Morgan fingerprint density at radius 1 is 0.825 bits per heavy atom. The van der Waals surface area contributed by atoms with Crippen LogP contribution in [0.2, 0.25) is 0 Å². The average molecular weight is 575 g/mol. The molecule has 40 heavy (non-hydrogen) atoms. The zero-order valence-corrected chi connectivity index (χ0v) is 23.7. The van der Waals surface area contributed by atoms with Gasteiger partial charge in [0.15, 0.2) is 0 Å². The number of hydrogen-bond donors (Lipinski definition) is 3. The zero-order chi connectivity index (χ0) is 28.0. The Labute approximate surface area is 240 Å². The SMILES string of the molecule is CC(Cc1ccccc1)C(=O)Nc1nnc(CCCCc2nnc(NC(=O)C3=CC3(O)Cc3ccccc3)s2)s1. The highest BCUT2D eigenvalue weighted by Crippen LogP contribution is 2.38. The number of carbonyl (C=O) groups is 2. The molecule has 1 aliphatic carbocycles. The van der Waals surface area contributed by atoms with E-state index in [4.69, 9.17) is 0 Å². The van der Waals surface area contributed by atoms with Crippen LogP contribution < -0.4 is 10.6 Å². The second kappa shape index (κ2) is 12.6. The number of anilines is 2. The summed E-state index contributed by atoms with van der Waals surface area (Å²) in [6, 6.07) is 19.5. The minimum atomic E-state index is -1.20. The van der Waals surface area contributed by atoms with Crippen molar-refractivity contribution >= 4 is 44.8 Å². The Morgan fingerprint density at radius 2 is 1.38 bits per heavy atom. The van der Waals surface area contributed by atoms with Gasteiger partial charge in [0.25, 0.3) is 5.91 Å². The molecule has 0 fully saturated rings. The van der Waals surface area contributed by atoms with E-state index in [1.807, 2.05) is 67.6 Å². The van der Waals surface area contributed by atoms with Crippen LogP contribution in [0.4, 0.5) is 10.3 Å². The van der Waals surface area contributed by atoms with E-state index in [0.717, 1.165) is 46.8 Å². The van der Waals surface area contributed by atoms with E-state index in [-0.39, 0.29) is 17.7 Å². The van der Waals surface area contributed by atoms with Crippen molar-refractivity contribution in [3.05, 3.63) is 93.5 Å². The molecule has 5 rings (SSSR count). The summed E-state index contributed by atoms with van der Waals surface area (Å²) >= 11 is 2.73. The molecule has 3 N–H and O–H groups in total. The predicted molar refractivity (Wildman–Crippen MR) is 156 cm³/mol. The van der Waals surface area contributed by atoms with Crippen molar-refractivity contribution in [2.24, 2.45) is 5.92 Å². The van der Waals surface area contributed by atoms with Crippen molar-refractivity contribution < 1.29 is 14.7 Å². The fraction of sp³-hybridized carbons (Fsp3) is 0.310. The van der Waals surface area contributed by atoms with Crippen LogP contribution in [0.3, 0.4) is 0 Å². The fourth-order valence-electron chi connectivity index (χ4n) is 4.33. The van der Waals surface area contributed by atoms with Gasteiger partial charge in [-0.2, -0.15) is 0 Å². The monoisotopic (exact) mass is 574 g/mol. The number of carbonyl (C=O) groups excluding carboxylic acids is 2. The molecule has 0 saturated heterocycles. The van der Waals surface area contributed by atoms with Crippen LogP contribution >= 0.6 is 22.7 Å². The fourth-order valence-corrected chi connectivity index (χ4v) is 5.90. The second-order valence-corrected chi connectivity index (χ2v) is 12.0. The number of aliphatic hydroxyl groups is 1. The van der Waals surface area contributed by atoms with Crippen LogP contribution in [-0.4, -0.2) is 42.9 Å².